The average molecular weight is 224 g/mol. The van der Waals surface area contributed by atoms with Crippen molar-refractivity contribution < 1.29 is 9.90 Å². The van der Waals surface area contributed by atoms with E-state index in [2.05, 4.69) is 22.4 Å². The summed E-state index contributed by atoms with van der Waals surface area (Å²) >= 11 is 0. The normalized spacial score (nSPS) is 18.8. The number of carbonyl (C=O) groups is 1. The fourth-order valence-corrected chi connectivity index (χ4v) is 2.37. The Morgan fingerprint density at radius 1 is 1.50 bits per heavy atom. The molecule has 16 heavy (non-hydrogen) atoms. The van der Waals surface area contributed by atoms with Crippen molar-refractivity contribution in [1.82, 2.24) is 20.2 Å². The van der Waals surface area contributed by atoms with Gasteiger partial charge >= 0.3 is 5.97 Å². The monoisotopic (exact) mass is 224 g/mol. The summed E-state index contributed by atoms with van der Waals surface area (Å²) in [5, 5.41) is 20.2. The molecule has 0 amide bonds. The average Bonchev–Trinajstić information content (AvgIpc) is 2.83. The summed E-state index contributed by atoms with van der Waals surface area (Å²) in [7, 11) is 0. The zero-order valence-corrected chi connectivity index (χ0v) is 9.39. The van der Waals surface area contributed by atoms with Gasteiger partial charge in [-0.2, -0.15) is 0 Å². The zero-order valence-electron chi connectivity index (χ0n) is 9.39. The molecule has 6 heteroatoms. The third kappa shape index (κ3) is 2.05. The Morgan fingerprint density at radius 3 is 2.81 bits per heavy atom. The highest BCUT2D eigenvalue weighted by Crippen LogP contribution is 2.39. The van der Waals surface area contributed by atoms with E-state index in [1.807, 2.05) is 0 Å². The number of carboxylic acid groups (broad SMARTS) is 1. The van der Waals surface area contributed by atoms with E-state index in [0.29, 0.717) is 6.54 Å². The highest BCUT2D eigenvalue weighted by atomic mass is 16.4. The number of aliphatic carboxylic acids is 1. The maximum atomic E-state index is 10.5. The molecule has 0 bridgehead atoms. The van der Waals surface area contributed by atoms with Crippen LogP contribution >= 0.6 is 0 Å². The van der Waals surface area contributed by atoms with Crippen LogP contribution in [0, 0.1) is 0 Å². The lowest BCUT2D eigenvalue weighted by Gasteiger charge is -2.21. The van der Waals surface area contributed by atoms with Crippen molar-refractivity contribution >= 4 is 5.97 Å². The standard InChI is InChI=1S/C10H16N4O2/c1-10(5-2-3-6-10)9-11-12-13-14(9)7-4-8(15)16/h2-7H2,1H3,(H,15,16). The van der Waals surface area contributed by atoms with Crippen LogP contribution < -0.4 is 0 Å². The summed E-state index contributed by atoms with van der Waals surface area (Å²) in [4.78, 5) is 10.5. The Morgan fingerprint density at radius 2 is 2.19 bits per heavy atom. The number of tetrazole rings is 1. The Labute approximate surface area is 93.6 Å². The smallest absolute Gasteiger partial charge is 0.305 e. The molecule has 0 aromatic carbocycles. The highest BCUT2D eigenvalue weighted by Gasteiger charge is 2.35. The summed E-state index contributed by atoms with van der Waals surface area (Å²) in [6.45, 7) is 2.51. The van der Waals surface area contributed by atoms with Crippen molar-refractivity contribution in [2.24, 2.45) is 0 Å². The molecule has 2 rings (SSSR count). The predicted octanol–water partition coefficient (Wildman–Crippen LogP) is 0.979. The lowest BCUT2D eigenvalue weighted by atomic mass is 9.88. The molecule has 6 nitrogen and oxygen atoms in total. The molecular weight excluding hydrogens is 208 g/mol. The molecule has 1 fully saturated rings. The van der Waals surface area contributed by atoms with Crippen molar-refractivity contribution in [1.29, 1.82) is 0 Å². The van der Waals surface area contributed by atoms with E-state index < -0.39 is 5.97 Å². The molecule has 0 radical (unpaired) electrons. The van der Waals surface area contributed by atoms with Gasteiger partial charge in [-0.05, 0) is 23.3 Å². The van der Waals surface area contributed by atoms with E-state index in [9.17, 15) is 4.79 Å². The quantitative estimate of drug-likeness (QED) is 0.824. The molecule has 88 valence electrons. The first kappa shape index (κ1) is 11.0. The minimum absolute atomic E-state index is 0.0298. The first-order valence-electron chi connectivity index (χ1n) is 5.60. The van der Waals surface area contributed by atoms with Crippen LogP contribution in [0.25, 0.3) is 0 Å². The molecule has 0 unspecified atom stereocenters. The van der Waals surface area contributed by atoms with E-state index in [4.69, 9.17) is 5.11 Å². The van der Waals surface area contributed by atoms with Gasteiger partial charge in [-0.25, -0.2) is 4.68 Å². The second-order valence-corrected chi connectivity index (χ2v) is 4.64. The van der Waals surface area contributed by atoms with Gasteiger partial charge in [-0.3, -0.25) is 4.79 Å². The van der Waals surface area contributed by atoms with E-state index >= 15 is 0 Å². The fourth-order valence-electron chi connectivity index (χ4n) is 2.37. The third-order valence-electron chi connectivity index (χ3n) is 3.32. The van der Waals surface area contributed by atoms with Crippen molar-refractivity contribution in [3.8, 4) is 0 Å². The summed E-state index contributed by atoms with van der Waals surface area (Å²) in [6.07, 6.45) is 4.62. The number of nitrogens with zero attached hydrogens (tertiary/aromatic N) is 4. The van der Waals surface area contributed by atoms with Crippen LogP contribution in [0.15, 0.2) is 0 Å². The lowest BCUT2D eigenvalue weighted by Crippen LogP contribution is -2.24. The molecule has 1 N–H and O–H groups in total. The third-order valence-corrected chi connectivity index (χ3v) is 3.32. The molecule has 1 aromatic rings. The number of rotatable bonds is 4. The summed E-state index contributed by atoms with van der Waals surface area (Å²) in [5.74, 6) is 0.0178. The maximum Gasteiger partial charge on any atom is 0.305 e. The van der Waals surface area contributed by atoms with Gasteiger partial charge in [0.25, 0.3) is 0 Å². The number of carboxylic acids is 1. The maximum absolute atomic E-state index is 10.5. The van der Waals surface area contributed by atoms with E-state index in [-0.39, 0.29) is 11.8 Å². The van der Waals surface area contributed by atoms with Gasteiger partial charge in [0.1, 0.15) is 0 Å². The van der Waals surface area contributed by atoms with Crippen LogP contribution in [0.5, 0.6) is 0 Å². The largest absolute Gasteiger partial charge is 0.481 e. The van der Waals surface area contributed by atoms with Gasteiger partial charge in [0, 0.05) is 5.41 Å². The number of aryl methyl sites for hydroxylation is 1. The minimum Gasteiger partial charge on any atom is -0.481 e. The Kier molecular flexibility index (Phi) is 2.89. The first-order valence-corrected chi connectivity index (χ1v) is 5.60. The van der Waals surface area contributed by atoms with Gasteiger partial charge in [-0.1, -0.05) is 19.8 Å². The molecule has 1 aromatic heterocycles. The fraction of sp³-hybridized carbons (Fsp3) is 0.800. The second-order valence-electron chi connectivity index (χ2n) is 4.64. The number of aromatic nitrogens is 4. The van der Waals surface area contributed by atoms with Crippen molar-refractivity contribution in [2.75, 3.05) is 0 Å². The Bertz CT molecular complexity index is 382. The topological polar surface area (TPSA) is 80.9 Å². The van der Waals surface area contributed by atoms with Crippen molar-refractivity contribution in [3.63, 3.8) is 0 Å². The van der Waals surface area contributed by atoms with Crippen LogP contribution in [-0.2, 0) is 16.8 Å². The van der Waals surface area contributed by atoms with E-state index in [0.717, 1.165) is 18.7 Å². The van der Waals surface area contributed by atoms with Crippen LogP contribution in [0.2, 0.25) is 0 Å². The van der Waals surface area contributed by atoms with Crippen LogP contribution in [0.4, 0.5) is 0 Å². The van der Waals surface area contributed by atoms with Crippen LogP contribution in [0.1, 0.15) is 44.9 Å². The second kappa shape index (κ2) is 4.19. The van der Waals surface area contributed by atoms with Gasteiger partial charge in [0.05, 0.1) is 13.0 Å². The van der Waals surface area contributed by atoms with Crippen LogP contribution in [0.3, 0.4) is 0 Å². The molecular formula is C10H16N4O2. The van der Waals surface area contributed by atoms with Gasteiger partial charge in [0.15, 0.2) is 5.82 Å². The highest BCUT2D eigenvalue weighted by molar-refractivity contribution is 5.66. The van der Waals surface area contributed by atoms with Gasteiger partial charge < -0.3 is 5.11 Å². The molecule has 1 saturated carbocycles. The molecule has 0 aliphatic heterocycles. The summed E-state index contributed by atoms with van der Waals surface area (Å²) < 4.78 is 1.64. The lowest BCUT2D eigenvalue weighted by molar-refractivity contribution is -0.137. The Balaban J connectivity index is 2.15. The molecule has 0 spiro atoms. The predicted molar refractivity (Wildman–Crippen MR) is 55.9 cm³/mol. The van der Waals surface area contributed by atoms with Gasteiger partial charge in [0.2, 0.25) is 0 Å². The van der Waals surface area contributed by atoms with E-state index in [1.165, 1.54) is 12.8 Å². The summed E-state index contributed by atoms with van der Waals surface area (Å²) in [5.41, 5.74) is 0.0298. The zero-order chi connectivity index (χ0) is 11.6. The molecule has 1 aliphatic rings. The van der Waals surface area contributed by atoms with Gasteiger partial charge in [-0.15, -0.1) is 5.10 Å². The molecule has 1 aliphatic carbocycles. The van der Waals surface area contributed by atoms with Crippen LogP contribution in [-0.4, -0.2) is 31.3 Å². The molecule has 1 heterocycles. The van der Waals surface area contributed by atoms with Crippen molar-refractivity contribution in [3.05, 3.63) is 5.82 Å². The number of hydrogen-bond acceptors (Lipinski definition) is 4. The van der Waals surface area contributed by atoms with Crippen molar-refractivity contribution in [2.45, 2.75) is 51.0 Å². The molecule has 0 atom stereocenters. The summed E-state index contributed by atoms with van der Waals surface area (Å²) in [6, 6.07) is 0. The first-order chi connectivity index (χ1) is 7.62. The van der Waals surface area contributed by atoms with E-state index in [1.54, 1.807) is 4.68 Å². The number of hydrogen-bond donors (Lipinski definition) is 1. The Hall–Kier alpha value is -1.46. The minimum atomic E-state index is -0.821. The molecule has 0 saturated heterocycles. The SMILES string of the molecule is CC1(c2nnnn2CCC(=O)O)CCCC1.